The zero-order chi connectivity index (χ0) is 19.7. The number of fused-ring (bicyclic) bond motifs is 2. The monoisotopic (exact) mass is 390 g/mol. The van der Waals surface area contributed by atoms with Crippen molar-refractivity contribution in [2.45, 2.75) is 38.1 Å². The van der Waals surface area contributed by atoms with Crippen LogP contribution in [0.3, 0.4) is 0 Å². The molecule has 9 nitrogen and oxygen atoms in total. The van der Waals surface area contributed by atoms with E-state index in [0.717, 1.165) is 30.0 Å². The second kappa shape index (κ2) is 5.88. The van der Waals surface area contributed by atoms with Gasteiger partial charge >= 0.3 is 0 Å². The molecule has 6 rings (SSSR count). The lowest BCUT2D eigenvalue weighted by atomic mass is 10.1. The highest BCUT2D eigenvalue weighted by Gasteiger charge is 2.53. The van der Waals surface area contributed by atoms with Crippen molar-refractivity contribution in [3.63, 3.8) is 0 Å². The number of hydrogen-bond donors (Lipinski definition) is 2. The van der Waals surface area contributed by atoms with Gasteiger partial charge in [-0.05, 0) is 61.8 Å². The fourth-order valence-electron chi connectivity index (χ4n) is 4.35. The van der Waals surface area contributed by atoms with Crippen LogP contribution in [0.25, 0.3) is 5.52 Å². The van der Waals surface area contributed by atoms with Crippen LogP contribution in [-0.4, -0.2) is 37.2 Å². The summed E-state index contributed by atoms with van der Waals surface area (Å²) >= 11 is 0. The van der Waals surface area contributed by atoms with E-state index in [4.69, 9.17) is 10.8 Å². The molecule has 0 spiro atoms. The van der Waals surface area contributed by atoms with E-state index in [9.17, 15) is 4.79 Å². The van der Waals surface area contributed by atoms with Crippen LogP contribution < -0.4 is 16.0 Å². The van der Waals surface area contributed by atoms with Crippen molar-refractivity contribution in [2.75, 3.05) is 22.5 Å². The maximum Gasteiger partial charge on any atom is 0.242 e. The summed E-state index contributed by atoms with van der Waals surface area (Å²) in [5.41, 5.74) is 8.81. The average Bonchev–Trinajstić information content (AvgIpc) is 3.61. The number of carbonyl (C=O) groups excluding carboxylic acids is 1. The first kappa shape index (κ1) is 16.7. The molecule has 3 aromatic rings. The van der Waals surface area contributed by atoms with Crippen molar-refractivity contribution in [1.29, 1.82) is 0 Å². The van der Waals surface area contributed by atoms with Crippen molar-refractivity contribution < 1.29 is 4.79 Å². The summed E-state index contributed by atoms with van der Waals surface area (Å²) in [6, 6.07) is 6.34. The highest BCUT2D eigenvalue weighted by Crippen LogP contribution is 2.48. The molecule has 3 N–H and O–H groups in total. The van der Waals surface area contributed by atoms with E-state index < -0.39 is 0 Å². The second-order valence-electron chi connectivity index (χ2n) is 8.44. The van der Waals surface area contributed by atoms with Crippen molar-refractivity contribution in [3.8, 4) is 0 Å². The Morgan fingerprint density at radius 1 is 1.28 bits per heavy atom. The molecule has 0 aromatic carbocycles. The van der Waals surface area contributed by atoms with Gasteiger partial charge in [-0.25, -0.2) is 4.52 Å². The first-order chi connectivity index (χ1) is 14.1. The number of rotatable bonds is 5. The molecule has 2 unspecified atom stereocenters. The number of nitrogen functional groups attached to an aromatic ring is 1. The number of nitrogens with two attached hydrogens (primary N) is 1. The molecule has 4 heterocycles. The predicted molar refractivity (Wildman–Crippen MR) is 107 cm³/mol. The highest BCUT2D eigenvalue weighted by molar-refractivity contribution is 5.99. The Balaban J connectivity index is 1.38. The van der Waals surface area contributed by atoms with Crippen LogP contribution in [0.2, 0.25) is 0 Å². The smallest absolute Gasteiger partial charge is 0.242 e. The summed E-state index contributed by atoms with van der Waals surface area (Å²) in [5, 5.41) is 15.6. The molecule has 0 bridgehead atoms. The lowest BCUT2D eigenvalue weighted by molar-refractivity contribution is -0.118. The van der Waals surface area contributed by atoms with E-state index >= 15 is 0 Å². The number of anilines is 3. The zero-order valence-corrected chi connectivity index (χ0v) is 16.1. The van der Waals surface area contributed by atoms with Crippen LogP contribution >= 0.6 is 0 Å². The molecule has 2 saturated carbocycles. The van der Waals surface area contributed by atoms with Crippen LogP contribution in [0.4, 0.5) is 17.6 Å². The summed E-state index contributed by atoms with van der Waals surface area (Å²) in [7, 11) is 0. The topological polar surface area (TPSA) is 114 Å². The molecule has 3 atom stereocenters. The molecular weight excluding hydrogens is 368 g/mol. The lowest BCUT2D eigenvalue weighted by Gasteiger charge is -2.20. The summed E-state index contributed by atoms with van der Waals surface area (Å²) < 4.78 is 1.91. The maximum absolute atomic E-state index is 12.7. The molecule has 2 aliphatic carbocycles. The third-order valence-corrected chi connectivity index (χ3v) is 6.21. The third-order valence-electron chi connectivity index (χ3n) is 6.21. The number of carbonyl (C=O) groups is 1. The molecule has 3 fully saturated rings. The Labute approximate surface area is 167 Å². The van der Waals surface area contributed by atoms with Gasteiger partial charge in [0.15, 0.2) is 5.82 Å². The number of aromatic nitrogens is 5. The Morgan fingerprint density at radius 3 is 2.86 bits per heavy atom. The largest absolute Gasteiger partial charge is 0.366 e. The van der Waals surface area contributed by atoms with Gasteiger partial charge in [0.2, 0.25) is 11.9 Å². The Morgan fingerprint density at radius 2 is 2.14 bits per heavy atom. The lowest BCUT2D eigenvalue weighted by Crippen LogP contribution is -2.30. The quantitative estimate of drug-likeness (QED) is 0.686. The molecule has 1 aliphatic heterocycles. The minimum Gasteiger partial charge on any atom is -0.366 e. The Hall–Kier alpha value is -3.23. The summed E-state index contributed by atoms with van der Waals surface area (Å²) in [5.74, 6) is 3.17. The van der Waals surface area contributed by atoms with Gasteiger partial charge in [0.1, 0.15) is 5.82 Å². The molecule has 1 amide bonds. The molecule has 29 heavy (non-hydrogen) atoms. The van der Waals surface area contributed by atoms with Gasteiger partial charge in [-0.3, -0.25) is 9.69 Å². The van der Waals surface area contributed by atoms with E-state index in [0.29, 0.717) is 17.7 Å². The van der Waals surface area contributed by atoms with E-state index in [2.05, 4.69) is 38.7 Å². The van der Waals surface area contributed by atoms with Crippen LogP contribution in [0.1, 0.15) is 49.4 Å². The van der Waals surface area contributed by atoms with Gasteiger partial charge in [0.05, 0.1) is 23.4 Å². The fourth-order valence-corrected chi connectivity index (χ4v) is 4.35. The van der Waals surface area contributed by atoms with Gasteiger partial charge in [-0.2, -0.15) is 15.2 Å². The predicted octanol–water partition coefficient (Wildman–Crippen LogP) is 2.13. The second-order valence-corrected chi connectivity index (χ2v) is 8.44. The number of nitrogens with one attached hydrogen (secondary N) is 1. The number of nitrogens with zero attached hydrogens (tertiary/aromatic N) is 6. The standard InChI is InChI=1S/C20H22N8O/c1-10(23-17-8-22-25-20(21)24-17)16-7-14-4-12(11-2-3-11)6-18(28(14)26-16)27-9-13-5-15(13)19(27)29/h4,6-8,10-11,13,15H,2-3,5,9H2,1H3,(H3,21,23,24,25)/t10-,13?,15?/m1/s1. The van der Waals surface area contributed by atoms with Gasteiger partial charge in [0.25, 0.3) is 0 Å². The molecule has 3 aromatic heterocycles. The molecule has 9 heteroatoms. The summed E-state index contributed by atoms with van der Waals surface area (Å²) in [6.45, 7) is 2.82. The van der Waals surface area contributed by atoms with Crippen LogP contribution in [0.5, 0.6) is 0 Å². The number of amides is 1. The highest BCUT2D eigenvalue weighted by atomic mass is 16.2. The van der Waals surface area contributed by atoms with E-state index in [1.165, 1.54) is 24.6 Å². The summed E-state index contributed by atoms with van der Waals surface area (Å²) in [4.78, 5) is 18.8. The van der Waals surface area contributed by atoms with Crippen LogP contribution in [-0.2, 0) is 4.79 Å². The van der Waals surface area contributed by atoms with Crippen molar-refractivity contribution in [3.05, 3.63) is 35.7 Å². The Bertz CT molecular complexity index is 1140. The minimum atomic E-state index is -0.106. The van der Waals surface area contributed by atoms with Crippen molar-refractivity contribution >= 4 is 29.0 Å². The molecule has 3 aliphatic rings. The van der Waals surface area contributed by atoms with Crippen LogP contribution in [0, 0.1) is 11.8 Å². The zero-order valence-electron chi connectivity index (χ0n) is 16.1. The van der Waals surface area contributed by atoms with Crippen LogP contribution in [0.15, 0.2) is 24.4 Å². The number of pyridine rings is 1. The first-order valence-electron chi connectivity index (χ1n) is 10.1. The van der Waals surface area contributed by atoms with Gasteiger partial charge in [-0.1, -0.05) is 0 Å². The van der Waals surface area contributed by atoms with Gasteiger partial charge in [-0.15, -0.1) is 5.10 Å². The van der Waals surface area contributed by atoms with Crippen molar-refractivity contribution in [1.82, 2.24) is 24.8 Å². The van der Waals surface area contributed by atoms with Gasteiger partial charge in [0, 0.05) is 12.5 Å². The Kier molecular flexibility index (Phi) is 3.39. The molecule has 148 valence electrons. The molecular formula is C20H22N8O. The first-order valence-corrected chi connectivity index (χ1v) is 10.1. The van der Waals surface area contributed by atoms with E-state index in [1.807, 2.05) is 16.3 Å². The number of piperidine rings is 1. The van der Waals surface area contributed by atoms with E-state index in [1.54, 1.807) is 0 Å². The third kappa shape index (κ3) is 2.80. The SMILES string of the molecule is C[C@@H](Nc1cnnc(N)n1)c1cc2cc(C3CC3)cc(N3CC4CC4C3=O)n2n1. The summed E-state index contributed by atoms with van der Waals surface area (Å²) in [6.07, 6.45) is 5.02. The van der Waals surface area contributed by atoms with E-state index in [-0.39, 0.29) is 23.8 Å². The number of hydrogen-bond acceptors (Lipinski definition) is 7. The molecule has 1 saturated heterocycles. The average molecular weight is 390 g/mol. The van der Waals surface area contributed by atoms with Gasteiger partial charge < -0.3 is 11.1 Å². The maximum atomic E-state index is 12.7. The minimum absolute atomic E-state index is 0.106. The normalized spacial score (nSPS) is 24.0. The van der Waals surface area contributed by atoms with Crippen molar-refractivity contribution in [2.24, 2.45) is 11.8 Å². The fraction of sp³-hybridized carbons (Fsp3) is 0.450. The molecule has 0 radical (unpaired) electrons.